The van der Waals surface area contributed by atoms with Gasteiger partial charge >= 0.3 is 0 Å². The third-order valence-electron chi connectivity index (χ3n) is 3.27. The van der Waals surface area contributed by atoms with Crippen LogP contribution in [0.5, 0.6) is 0 Å². The molecule has 1 aliphatic carbocycles. The first kappa shape index (κ1) is 13.2. The number of fused-ring (bicyclic) bond motifs is 1. The maximum absolute atomic E-state index is 12.1. The Morgan fingerprint density at radius 3 is 2.61 bits per heavy atom. The highest BCUT2D eigenvalue weighted by Crippen LogP contribution is 2.27. The molecule has 2 rings (SSSR count). The van der Waals surface area contributed by atoms with Crippen LogP contribution in [0, 0.1) is 6.92 Å². The summed E-state index contributed by atoms with van der Waals surface area (Å²) in [6.45, 7) is 3.35. The van der Waals surface area contributed by atoms with E-state index in [1.54, 1.807) is 19.9 Å². The number of hydrogen-bond acceptors (Lipinski definition) is 4. The van der Waals surface area contributed by atoms with Gasteiger partial charge in [0, 0.05) is 17.7 Å². The van der Waals surface area contributed by atoms with Crippen LogP contribution in [0.2, 0.25) is 0 Å². The largest absolute Gasteiger partial charge is 0.292 e. The molecule has 0 aliphatic heterocycles. The summed E-state index contributed by atoms with van der Waals surface area (Å²) in [5, 5.41) is 0. The number of nitrogens with zero attached hydrogens (tertiary/aromatic N) is 1. The van der Waals surface area contributed by atoms with Gasteiger partial charge in [0.1, 0.15) is 5.69 Å². The van der Waals surface area contributed by atoms with E-state index in [0.717, 1.165) is 12.8 Å². The zero-order valence-corrected chi connectivity index (χ0v) is 11.5. The van der Waals surface area contributed by atoms with Crippen molar-refractivity contribution in [3.8, 4) is 0 Å². The van der Waals surface area contributed by atoms with Crippen LogP contribution in [0.15, 0.2) is 11.0 Å². The van der Waals surface area contributed by atoms with Gasteiger partial charge in [0.05, 0.1) is 10.6 Å². The van der Waals surface area contributed by atoms with E-state index in [9.17, 15) is 13.2 Å². The second-order valence-corrected chi connectivity index (χ2v) is 6.87. The van der Waals surface area contributed by atoms with E-state index in [4.69, 9.17) is 0 Å². The van der Waals surface area contributed by atoms with Crippen molar-refractivity contribution in [3.05, 3.63) is 23.0 Å². The smallest absolute Gasteiger partial charge is 0.181 e. The van der Waals surface area contributed by atoms with Crippen LogP contribution >= 0.6 is 0 Å². The molecule has 1 aliphatic rings. The summed E-state index contributed by atoms with van der Waals surface area (Å²) in [5.74, 6) is 0.0237. The summed E-state index contributed by atoms with van der Waals surface area (Å²) in [6.07, 6.45) is 2.74. The number of Topliss-reactive ketones (excluding diaryl/α,β-unsaturated/α-hetero) is 1. The number of aromatic nitrogens is 1. The van der Waals surface area contributed by atoms with Crippen LogP contribution in [-0.2, 0) is 16.3 Å². The molecule has 0 aromatic carbocycles. The Morgan fingerprint density at radius 2 is 1.94 bits per heavy atom. The molecule has 0 bridgehead atoms. The van der Waals surface area contributed by atoms with Crippen molar-refractivity contribution in [2.45, 2.75) is 44.4 Å². The molecule has 4 nitrogen and oxygen atoms in total. The minimum absolute atomic E-state index is 0.0289. The lowest BCUT2D eigenvalue weighted by atomic mass is 10.1. The van der Waals surface area contributed by atoms with Gasteiger partial charge in [-0.2, -0.15) is 0 Å². The van der Waals surface area contributed by atoms with E-state index in [-0.39, 0.29) is 11.5 Å². The second kappa shape index (κ2) is 4.80. The number of sulfone groups is 1. The van der Waals surface area contributed by atoms with E-state index in [1.807, 2.05) is 0 Å². The zero-order chi connectivity index (χ0) is 13.3. The summed E-state index contributed by atoms with van der Waals surface area (Å²) in [5.41, 5.74) is 1.60. The topological polar surface area (TPSA) is 64.1 Å². The number of rotatable bonds is 2. The lowest BCUT2D eigenvalue weighted by Gasteiger charge is -2.12. The maximum Gasteiger partial charge on any atom is 0.181 e. The van der Waals surface area contributed by atoms with Crippen molar-refractivity contribution in [2.24, 2.45) is 0 Å². The second-order valence-electron chi connectivity index (χ2n) is 4.62. The summed E-state index contributed by atoms with van der Waals surface area (Å²) >= 11 is 0. The fourth-order valence-electron chi connectivity index (χ4n) is 2.28. The minimum atomic E-state index is -3.29. The molecule has 0 amide bonds. The number of carbonyl (C=O) groups is 1. The van der Waals surface area contributed by atoms with Crippen molar-refractivity contribution < 1.29 is 13.2 Å². The molecule has 0 fully saturated rings. The average Bonchev–Trinajstić information content (AvgIpc) is 2.51. The van der Waals surface area contributed by atoms with Crippen LogP contribution in [-0.4, -0.2) is 24.9 Å². The van der Waals surface area contributed by atoms with Crippen LogP contribution in [0.25, 0.3) is 0 Å². The fraction of sp³-hybridized carbons (Fsp3) is 0.538. The van der Waals surface area contributed by atoms with Gasteiger partial charge in [-0.15, -0.1) is 0 Å². The molecular weight excluding hydrogens is 250 g/mol. The lowest BCUT2D eigenvalue weighted by Crippen LogP contribution is -2.13. The van der Waals surface area contributed by atoms with Crippen LogP contribution in [0.4, 0.5) is 0 Å². The third-order valence-corrected chi connectivity index (χ3v) is 5.07. The molecule has 0 saturated carbocycles. The molecule has 0 spiro atoms. The Morgan fingerprint density at radius 1 is 1.28 bits per heavy atom. The Kier molecular flexibility index (Phi) is 3.52. The highest BCUT2D eigenvalue weighted by atomic mass is 32.2. The first-order valence-corrected chi connectivity index (χ1v) is 7.87. The van der Waals surface area contributed by atoms with E-state index in [0.29, 0.717) is 34.7 Å². The SMILES string of the molecule is CCS(=O)(=O)c1cc(C)nc2c1CCCCC2=O. The van der Waals surface area contributed by atoms with Crippen molar-refractivity contribution in [1.82, 2.24) is 4.98 Å². The number of aryl methyl sites for hydroxylation is 1. The van der Waals surface area contributed by atoms with Crippen molar-refractivity contribution in [2.75, 3.05) is 5.75 Å². The summed E-state index contributed by atoms with van der Waals surface area (Å²) in [6, 6.07) is 1.59. The van der Waals surface area contributed by atoms with Crippen molar-refractivity contribution in [1.29, 1.82) is 0 Å². The van der Waals surface area contributed by atoms with Gasteiger partial charge in [0.25, 0.3) is 0 Å². The normalized spacial score (nSPS) is 16.2. The summed E-state index contributed by atoms with van der Waals surface area (Å²) in [4.78, 5) is 16.5. The van der Waals surface area contributed by atoms with Crippen LogP contribution < -0.4 is 0 Å². The number of ketones is 1. The van der Waals surface area contributed by atoms with Gasteiger partial charge in [-0.25, -0.2) is 13.4 Å². The molecular formula is C13H17NO3S. The van der Waals surface area contributed by atoms with Crippen molar-refractivity contribution in [3.63, 3.8) is 0 Å². The third kappa shape index (κ3) is 2.32. The van der Waals surface area contributed by atoms with Gasteiger partial charge in [-0.1, -0.05) is 6.92 Å². The molecule has 0 radical (unpaired) electrons. The van der Waals surface area contributed by atoms with Gasteiger partial charge < -0.3 is 0 Å². The predicted octanol–water partition coefficient (Wildman–Crippen LogP) is 2.09. The van der Waals surface area contributed by atoms with E-state index >= 15 is 0 Å². The summed E-state index contributed by atoms with van der Waals surface area (Å²) < 4.78 is 24.2. The van der Waals surface area contributed by atoms with Gasteiger partial charge in [-0.3, -0.25) is 4.79 Å². The Balaban J connectivity index is 2.72. The maximum atomic E-state index is 12.1. The van der Waals surface area contributed by atoms with Gasteiger partial charge in [0.15, 0.2) is 15.6 Å². The predicted molar refractivity (Wildman–Crippen MR) is 68.6 cm³/mol. The molecule has 0 unspecified atom stereocenters. The number of carbonyl (C=O) groups excluding carboxylic acids is 1. The molecule has 18 heavy (non-hydrogen) atoms. The average molecular weight is 267 g/mol. The van der Waals surface area contributed by atoms with E-state index in [2.05, 4.69) is 4.98 Å². The Labute approximate surface area is 107 Å². The number of hydrogen-bond donors (Lipinski definition) is 0. The molecule has 0 N–H and O–H groups in total. The first-order valence-electron chi connectivity index (χ1n) is 6.22. The number of pyridine rings is 1. The highest BCUT2D eigenvalue weighted by Gasteiger charge is 2.25. The summed E-state index contributed by atoms with van der Waals surface area (Å²) in [7, 11) is -3.29. The first-order chi connectivity index (χ1) is 8.45. The zero-order valence-electron chi connectivity index (χ0n) is 10.7. The molecule has 5 heteroatoms. The van der Waals surface area contributed by atoms with E-state index in [1.165, 1.54) is 0 Å². The fourth-order valence-corrected chi connectivity index (χ4v) is 3.52. The molecule has 1 heterocycles. The standard InChI is InChI=1S/C13H17NO3S/c1-3-18(16,17)12-8-9(2)14-13-10(12)6-4-5-7-11(13)15/h8H,3-7H2,1-2H3. The van der Waals surface area contributed by atoms with Crippen LogP contribution in [0.3, 0.4) is 0 Å². The highest BCUT2D eigenvalue weighted by molar-refractivity contribution is 7.91. The van der Waals surface area contributed by atoms with E-state index < -0.39 is 9.84 Å². The van der Waals surface area contributed by atoms with Crippen molar-refractivity contribution >= 4 is 15.6 Å². The van der Waals surface area contributed by atoms with Crippen LogP contribution in [0.1, 0.15) is 47.9 Å². The van der Waals surface area contributed by atoms with Gasteiger partial charge in [0.2, 0.25) is 0 Å². The molecule has 0 atom stereocenters. The molecule has 1 aromatic heterocycles. The van der Waals surface area contributed by atoms with Gasteiger partial charge in [-0.05, 0) is 32.3 Å². The quantitative estimate of drug-likeness (QED) is 0.770. The monoisotopic (exact) mass is 267 g/mol. The molecule has 98 valence electrons. The Bertz CT molecular complexity index is 590. The lowest BCUT2D eigenvalue weighted by molar-refractivity contribution is 0.0977. The molecule has 1 aromatic rings. The molecule has 0 saturated heterocycles. The Hall–Kier alpha value is -1.23. The minimum Gasteiger partial charge on any atom is -0.292 e.